The van der Waals surface area contributed by atoms with E-state index in [2.05, 4.69) is 10.2 Å². The first-order valence-corrected chi connectivity index (χ1v) is 4.50. The molecule has 0 saturated heterocycles. The van der Waals surface area contributed by atoms with Gasteiger partial charge in [-0.25, -0.2) is 4.79 Å². The van der Waals surface area contributed by atoms with Gasteiger partial charge in [0.15, 0.2) is 0 Å². The molecule has 0 unspecified atom stereocenters. The maximum absolute atomic E-state index is 10.2. The zero-order chi connectivity index (χ0) is 9.97. The third kappa shape index (κ3) is 1.81. The zero-order valence-corrected chi connectivity index (χ0v) is 7.51. The Kier molecular flexibility index (Phi) is 2.30. The molecule has 1 aliphatic rings. The van der Waals surface area contributed by atoms with Gasteiger partial charge in [-0.1, -0.05) is 6.42 Å². The predicted molar refractivity (Wildman–Crippen MR) is 47.6 cm³/mol. The molecule has 2 rings (SSSR count). The van der Waals surface area contributed by atoms with Crippen molar-refractivity contribution in [2.45, 2.75) is 25.2 Å². The topological polar surface area (TPSA) is 76.2 Å². The van der Waals surface area contributed by atoms with Crippen LogP contribution in [0.3, 0.4) is 0 Å². The van der Waals surface area contributed by atoms with E-state index in [1.807, 2.05) is 0 Å². The Balaban J connectivity index is 2.05. The largest absolute Gasteiger partial charge is 0.478 e. The number of hydrogen-bond acceptors (Lipinski definition) is 4. The summed E-state index contributed by atoms with van der Waals surface area (Å²) in [5.74, 6) is 0.249. The summed E-state index contributed by atoms with van der Waals surface area (Å²) in [6.45, 7) is 0. The van der Waals surface area contributed by atoms with E-state index in [0.29, 0.717) is 11.8 Å². The zero-order valence-electron chi connectivity index (χ0n) is 7.51. The summed E-state index contributed by atoms with van der Waals surface area (Å²) in [6, 6.07) is 0. The average molecular weight is 194 g/mol. The molecule has 5 nitrogen and oxygen atoms in total. The third-order valence-corrected chi connectivity index (χ3v) is 2.28. The molecular weight excluding hydrogens is 184 g/mol. The first-order chi connectivity index (χ1) is 6.75. The number of nitrogens with zero attached hydrogens (tertiary/aromatic N) is 2. The van der Waals surface area contributed by atoms with Gasteiger partial charge in [-0.15, -0.1) is 10.2 Å². The SMILES string of the molecule is O=C(O)/C=C/c1nnc(C2CCC2)o1. The van der Waals surface area contributed by atoms with Gasteiger partial charge in [-0.2, -0.15) is 0 Å². The Labute approximate surface area is 80.4 Å². The van der Waals surface area contributed by atoms with E-state index in [1.165, 1.54) is 12.5 Å². The lowest BCUT2D eigenvalue weighted by atomic mass is 9.85. The van der Waals surface area contributed by atoms with Gasteiger partial charge in [0.25, 0.3) is 0 Å². The van der Waals surface area contributed by atoms with Crippen LogP contribution in [-0.4, -0.2) is 21.3 Å². The Morgan fingerprint density at radius 2 is 2.29 bits per heavy atom. The molecule has 0 spiro atoms. The summed E-state index contributed by atoms with van der Waals surface area (Å²) in [7, 11) is 0. The number of aromatic nitrogens is 2. The van der Waals surface area contributed by atoms with Crippen molar-refractivity contribution in [2.75, 3.05) is 0 Å². The van der Waals surface area contributed by atoms with Gasteiger partial charge in [0.2, 0.25) is 11.8 Å². The van der Waals surface area contributed by atoms with E-state index in [-0.39, 0.29) is 5.89 Å². The second-order valence-corrected chi connectivity index (χ2v) is 3.28. The number of carboxylic acids is 1. The highest BCUT2D eigenvalue weighted by molar-refractivity contribution is 5.84. The van der Waals surface area contributed by atoms with E-state index in [4.69, 9.17) is 9.52 Å². The Morgan fingerprint density at radius 3 is 2.86 bits per heavy atom. The van der Waals surface area contributed by atoms with Crippen molar-refractivity contribution < 1.29 is 14.3 Å². The molecular formula is C9H10N2O3. The highest BCUT2D eigenvalue weighted by atomic mass is 16.4. The van der Waals surface area contributed by atoms with Crippen LogP contribution in [0.15, 0.2) is 10.5 Å². The van der Waals surface area contributed by atoms with Crippen molar-refractivity contribution in [1.82, 2.24) is 10.2 Å². The summed E-state index contributed by atoms with van der Waals surface area (Å²) in [5, 5.41) is 16.0. The molecule has 0 aliphatic heterocycles. The number of hydrogen-bond donors (Lipinski definition) is 1. The molecule has 1 fully saturated rings. The van der Waals surface area contributed by atoms with Crippen LogP contribution >= 0.6 is 0 Å². The summed E-state index contributed by atoms with van der Waals surface area (Å²) < 4.78 is 5.27. The first-order valence-electron chi connectivity index (χ1n) is 4.50. The van der Waals surface area contributed by atoms with Gasteiger partial charge in [-0.05, 0) is 12.8 Å². The van der Waals surface area contributed by atoms with Gasteiger partial charge in [0, 0.05) is 18.1 Å². The molecule has 1 N–H and O–H groups in total. The lowest BCUT2D eigenvalue weighted by Crippen LogP contribution is -2.08. The highest BCUT2D eigenvalue weighted by Gasteiger charge is 2.24. The van der Waals surface area contributed by atoms with Crippen LogP contribution in [0, 0.1) is 0 Å². The fourth-order valence-electron chi connectivity index (χ4n) is 1.28. The molecule has 1 aromatic heterocycles. The van der Waals surface area contributed by atoms with Crippen molar-refractivity contribution in [3.8, 4) is 0 Å². The number of carbonyl (C=O) groups is 1. The molecule has 74 valence electrons. The minimum Gasteiger partial charge on any atom is -0.478 e. The van der Waals surface area contributed by atoms with Gasteiger partial charge in [0.05, 0.1) is 0 Å². The van der Waals surface area contributed by atoms with Crippen LogP contribution in [-0.2, 0) is 4.79 Å². The van der Waals surface area contributed by atoms with Gasteiger partial charge in [0.1, 0.15) is 0 Å². The number of rotatable bonds is 3. The standard InChI is InChI=1S/C9H10N2O3/c12-8(13)5-4-7-10-11-9(14-7)6-2-1-3-6/h4-6H,1-3H2,(H,12,13)/b5-4+. The number of aliphatic carboxylic acids is 1. The smallest absolute Gasteiger partial charge is 0.328 e. The van der Waals surface area contributed by atoms with Crippen molar-refractivity contribution in [3.63, 3.8) is 0 Å². The van der Waals surface area contributed by atoms with Crippen molar-refractivity contribution in [3.05, 3.63) is 17.9 Å². The Morgan fingerprint density at radius 1 is 1.50 bits per heavy atom. The van der Waals surface area contributed by atoms with E-state index >= 15 is 0 Å². The molecule has 1 aliphatic carbocycles. The third-order valence-electron chi connectivity index (χ3n) is 2.28. The van der Waals surface area contributed by atoms with Crippen LogP contribution in [0.5, 0.6) is 0 Å². The maximum atomic E-state index is 10.2. The summed E-state index contributed by atoms with van der Waals surface area (Å²) in [5.41, 5.74) is 0. The second-order valence-electron chi connectivity index (χ2n) is 3.28. The van der Waals surface area contributed by atoms with Crippen molar-refractivity contribution >= 4 is 12.0 Å². The molecule has 0 atom stereocenters. The van der Waals surface area contributed by atoms with Crippen LogP contribution in [0.4, 0.5) is 0 Å². The molecule has 5 heteroatoms. The summed E-state index contributed by atoms with van der Waals surface area (Å²) in [6.07, 6.45) is 5.66. The fraction of sp³-hybridized carbons (Fsp3) is 0.444. The average Bonchev–Trinajstić information content (AvgIpc) is 2.46. The van der Waals surface area contributed by atoms with Crippen LogP contribution in [0.25, 0.3) is 6.08 Å². The highest BCUT2D eigenvalue weighted by Crippen LogP contribution is 2.35. The minimum atomic E-state index is -1.02. The number of carboxylic acid groups (broad SMARTS) is 1. The quantitative estimate of drug-likeness (QED) is 0.736. The molecule has 1 saturated carbocycles. The van der Waals surface area contributed by atoms with E-state index in [9.17, 15) is 4.79 Å². The summed E-state index contributed by atoms with van der Waals surface area (Å²) >= 11 is 0. The predicted octanol–water partition coefficient (Wildman–Crippen LogP) is 1.43. The molecule has 0 radical (unpaired) electrons. The normalized spacial score (nSPS) is 17.1. The molecule has 0 amide bonds. The molecule has 1 heterocycles. The van der Waals surface area contributed by atoms with E-state index in [1.54, 1.807) is 0 Å². The van der Waals surface area contributed by atoms with Crippen molar-refractivity contribution in [1.29, 1.82) is 0 Å². The lowest BCUT2D eigenvalue weighted by Gasteiger charge is -2.20. The summed E-state index contributed by atoms with van der Waals surface area (Å²) in [4.78, 5) is 10.2. The molecule has 1 aromatic rings. The molecule has 14 heavy (non-hydrogen) atoms. The van der Waals surface area contributed by atoms with Crippen LogP contribution in [0.2, 0.25) is 0 Å². The second kappa shape index (κ2) is 3.61. The Bertz CT molecular complexity index is 366. The van der Waals surface area contributed by atoms with Crippen LogP contribution < -0.4 is 0 Å². The molecule has 0 bridgehead atoms. The first kappa shape index (κ1) is 8.93. The Hall–Kier alpha value is -1.65. The molecule has 0 aromatic carbocycles. The maximum Gasteiger partial charge on any atom is 0.328 e. The lowest BCUT2D eigenvalue weighted by molar-refractivity contribution is -0.131. The fourth-order valence-corrected chi connectivity index (χ4v) is 1.28. The van der Waals surface area contributed by atoms with Gasteiger partial charge in [-0.3, -0.25) is 0 Å². The monoisotopic (exact) mass is 194 g/mol. The van der Waals surface area contributed by atoms with E-state index in [0.717, 1.165) is 18.9 Å². The minimum absolute atomic E-state index is 0.259. The van der Waals surface area contributed by atoms with Crippen LogP contribution in [0.1, 0.15) is 37.0 Å². The van der Waals surface area contributed by atoms with E-state index < -0.39 is 5.97 Å². The van der Waals surface area contributed by atoms with Gasteiger partial charge < -0.3 is 9.52 Å². The van der Waals surface area contributed by atoms with Gasteiger partial charge >= 0.3 is 5.97 Å². The van der Waals surface area contributed by atoms with Crippen molar-refractivity contribution in [2.24, 2.45) is 0 Å².